The van der Waals surface area contributed by atoms with Crippen molar-refractivity contribution in [1.82, 2.24) is 0 Å². The molecule has 1 atom stereocenters. The number of hydrogen-bond donors (Lipinski definition) is 1. The van der Waals surface area contributed by atoms with Crippen molar-refractivity contribution in [3.05, 3.63) is 35.9 Å². The predicted molar refractivity (Wildman–Crippen MR) is 77.0 cm³/mol. The summed E-state index contributed by atoms with van der Waals surface area (Å²) in [6.07, 6.45) is 0. The summed E-state index contributed by atoms with van der Waals surface area (Å²) in [4.78, 5) is 0. The SMILES string of the molecule is CC(C)(C)C#CC(O)(c1ccccc1)C(C)(C)C. The summed E-state index contributed by atoms with van der Waals surface area (Å²) in [5.74, 6) is 6.27. The molecule has 0 fully saturated rings. The lowest BCUT2D eigenvalue weighted by Gasteiger charge is -2.36. The zero-order valence-electron chi connectivity index (χ0n) is 12.3. The molecule has 1 nitrogen and oxygen atoms in total. The van der Waals surface area contributed by atoms with Gasteiger partial charge in [0.15, 0.2) is 5.60 Å². The average molecular weight is 244 g/mol. The third-order valence-corrected chi connectivity index (χ3v) is 2.90. The van der Waals surface area contributed by atoms with E-state index in [-0.39, 0.29) is 10.8 Å². The van der Waals surface area contributed by atoms with Crippen LogP contribution in [0.2, 0.25) is 0 Å². The first-order valence-corrected chi connectivity index (χ1v) is 6.38. The van der Waals surface area contributed by atoms with Crippen LogP contribution in [0.4, 0.5) is 0 Å². The van der Waals surface area contributed by atoms with Crippen molar-refractivity contribution in [2.24, 2.45) is 10.8 Å². The number of rotatable bonds is 1. The van der Waals surface area contributed by atoms with Crippen molar-refractivity contribution in [2.45, 2.75) is 47.1 Å². The predicted octanol–water partition coefficient (Wildman–Crippen LogP) is 3.97. The minimum absolute atomic E-state index is 0.117. The molecule has 1 heteroatoms. The Labute approximate surface area is 111 Å². The van der Waals surface area contributed by atoms with E-state index in [4.69, 9.17) is 0 Å². The standard InChI is InChI=1S/C17H24O/c1-15(2,3)12-13-17(18,16(4,5)6)14-10-8-7-9-11-14/h7-11,18H,1-6H3. The Balaban J connectivity index is 3.33. The maximum atomic E-state index is 11.0. The summed E-state index contributed by atoms with van der Waals surface area (Å²) in [6.45, 7) is 12.2. The first-order valence-electron chi connectivity index (χ1n) is 6.38. The van der Waals surface area contributed by atoms with E-state index in [0.717, 1.165) is 5.56 Å². The molecule has 0 heterocycles. The van der Waals surface area contributed by atoms with Gasteiger partial charge in [-0.1, -0.05) is 62.9 Å². The van der Waals surface area contributed by atoms with E-state index in [1.54, 1.807) is 0 Å². The van der Waals surface area contributed by atoms with Gasteiger partial charge in [0.25, 0.3) is 0 Å². The van der Waals surface area contributed by atoms with Crippen molar-refractivity contribution < 1.29 is 5.11 Å². The Kier molecular flexibility index (Phi) is 3.93. The van der Waals surface area contributed by atoms with Gasteiger partial charge in [-0.15, -0.1) is 0 Å². The monoisotopic (exact) mass is 244 g/mol. The third kappa shape index (κ3) is 3.37. The zero-order valence-corrected chi connectivity index (χ0v) is 12.3. The highest BCUT2D eigenvalue weighted by Crippen LogP contribution is 2.39. The van der Waals surface area contributed by atoms with Crippen LogP contribution >= 0.6 is 0 Å². The van der Waals surface area contributed by atoms with Gasteiger partial charge in [0.2, 0.25) is 0 Å². The summed E-state index contributed by atoms with van der Waals surface area (Å²) in [5, 5.41) is 11.0. The Morgan fingerprint density at radius 3 is 1.72 bits per heavy atom. The molecular weight excluding hydrogens is 220 g/mol. The second kappa shape index (κ2) is 4.78. The van der Waals surface area contributed by atoms with Gasteiger partial charge in [-0.3, -0.25) is 0 Å². The lowest BCUT2D eigenvalue weighted by atomic mass is 9.72. The molecule has 0 aliphatic heterocycles. The summed E-state index contributed by atoms with van der Waals surface area (Å²) >= 11 is 0. The highest BCUT2D eigenvalue weighted by atomic mass is 16.3. The molecule has 0 aromatic heterocycles. The highest BCUT2D eigenvalue weighted by Gasteiger charge is 2.40. The van der Waals surface area contributed by atoms with Gasteiger partial charge in [0.1, 0.15) is 0 Å². The third-order valence-electron chi connectivity index (χ3n) is 2.90. The summed E-state index contributed by atoms with van der Waals surface area (Å²) in [6, 6.07) is 9.69. The smallest absolute Gasteiger partial charge is 0.155 e. The first-order chi connectivity index (χ1) is 8.06. The number of hydrogen-bond acceptors (Lipinski definition) is 1. The van der Waals surface area contributed by atoms with E-state index in [2.05, 4.69) is 11.8 Å². The van der Waals surface area contributed by atoms with Crippen molar-refractivity contribution in [3.63, 3.8) is 0 Å². The second-order valence-electron chi connectivity index (χ2n) is 6.83. The Hall–Kier alpha value is -1.26. The highest BCUT2D eigenvalue weighted by molar-refractivity contribution is 5.35. The molecule has 1 aromatic rings. The van der Waals surface area contributed by atoms with Gasteiger partial charge in [0, 0.05) is 10.8 Å². The van der Waals surface area contributed by atoms with Crippen LogP contribution in [-0.2, 0) is 5.60 Å². The summed E-state index contributed by atoms with van der Waals surface area (Å²) in [7, 11) is 0. The van der Waals surface area contributed by atoms with E-state index in [9.17, 15) is 5.11 Å². The molecule has 0 saturated heterocycles. The van der Waals surface area contributed by atoms with Crippen molar-refractivity contribution >= 4 is 0 Å². The van der Waals surface area contributed by atoms with E-state index in [1.165, 1.54) is 0 Å². The molecule has 18 heavy (non-hydrogen) atoms. The molecule has 0 saturated carbocycles. The molecule has 0 spiro atoms. The number of aliphatic hydroxyl groups is 1. The minimum atomic E-state index is -1.12. The van der Waals surface area contributed by atoms with Crippen molar-refractivity contribution in [3.8, 4) is 11.8 Å². The second-order valence-corrected chi connectivity index (χ2v) is 6.83. The normalized spacial score (nSPS) is 15.5. The first kappa shape index (κ1) is 14.8. The van der Waals surface area contributed by atoms with Crippen LogP contribution in [0.25, 0.3) is 0 Å². The molecule has 1 unspecified atom stereocenters. The van der Waals surface area contributed by atoms with E-state index >= 15 is 0 Å². The molecule has 0 aliphatic rings. The van der Waals surface area contributed by atoms with Gasteiger partial charge in [-0.2, -0.15) is 0 Å². The molecule has 1 aromatic carbocycles. The molecule has 0 radical (unpaired) electrons. The molecular formula is C17H24O. The molecule has 0 aliphatic carbocycles. The van der Waals surface area contributed by atoms with Gasteiger partial charge in [0.05, 0.1) is 0 Å². The maximum absolute atomic E-state index is 11.0. The molecule has 0 bridgehead atoms. The zero-order chi connectivity index (χ0) is 14.0. The summed E-state index contributed by atoms with van der Waals surface area (Å²) < 4.78 is 0. The fourth-order valence-electron chi connectivity index (χ4n) is 1.65. The molecule has 1 rings (SSSR count). The van der Waals surface area contributed by atoms with E-state index in [1.807, 2.05) is 71.9 Å². The minimum Gasteiger partial charge on any atom is -0.373 e. The van der Waals surface area contributed by atoms with Gasteiger partial charge >= 0.3 is 0 Å². The Morgan fingerprint density at radius 2 is 1.33 bits per heavy atom. The van der Waals surface area contributed by atoms with Crippen LogP contribution in [0.1, 0.15) is 47.1 Å². The molecule has 98 valence electrons. The summed E-state index contributed by atoms with van der Waals surface area (Å²) in [5.41, 5.74) is -0.725. The van der Waals surface area contributed by atoms with E-state index in [0.29, 0.717) is 0 Å². The van der Waals surface area contributed by atoms with Crippen molar-refractivity contribution in [1.29, 1.82) is 0 Å². The molecule has 1 N–H and O–H groups in total. The van der Waals surface area contributed by atoms with Crippen LogP contribution < -0.4 is 0 Å². The quantitative estimate of drug-likeness (QED) is 0.741. The van der Waals surface area contributed by atoms with Crippen molar-refractivity contribution in [2.75, 3.05) is 0 Å². The van der Waals surface area contributed by atoms with Crippen LogP contribution in [-0.4, -0.2) is 5.11 Å². The fourth-order valence-corrected chi connectivity index (χ4v) is 1.65. The largest absolute Gasteiger partial charge is 0.373 e. The van der Waals surface area contributed by atoms with Crippen LogP contribution in [0.5, 0.6) is 0 Å². The topological polar surface area (TPSA) is 20.2 Å². The van der Waals surface area contributed by atoms with Crippen LogP contribution in [0.15, 0.2) is 30.3 Å². The van der Waals surface area contributed by atoms with Gasteiger partial charge in [-0.25, -0.2) is 0 Å². The van der Waals surface area contributed by atoms with Gasteiger partial charge in [-0.05, 0) is 26.3 Å². The fraction of sp³-hybridized carbons (Fsp3) is 0.529. The van der Waals surface area contributed by atoms with Crippen LogP contribution in [0.3, 0.4) is 0 Å². The lowest BCUT2D eigenvalue weighted by Crippen LogP contribution is -2.39. The van der Waals surface area contributed by atoms with Gasteiger partial charge < -0.3 is 5.11 Å². The average Bonchev–Trinajstić information content (AvgIpc) is 2.24. The molecule has 0 amide bonds. The van der Waals surface area contributed by atoms with E-state index < -0.39 is 5.60 Å². The Bertz CT molecular complexity index is 448. The maximum Gasteiger partial charge on any atom is 0.155 e. The Morgan fingerprint density at radius 1 is 0.833 bits per heavy atom. The lowest BCUT2D eigenvalue weighted by molar-refractivity contribution is -0.00928. The van der Waals surface area contributed by atoms with Crippen LogP contribution in [0, 0.1) is 22.7 Å². The number of benzene rings is 1.